The average Bonchev–Trinajstić information content (AvgIpc) is 3.47. The molecular weight excluding hydrogens is 471 g/mol. The molecule has 2 N–H and O–H groups in total. The van der Waals surface area contributed by atoms with Crippen LogP contribution in [0.3, 0.4) is 0 Å². The van der Waals surface area contributed by atoms with Crippen LogP contribution in [0.4, 0.5) is 22.0 Å². The van der Waals surface area contributed by atoms with E-state index in [-0.39, 0.29) is 30.1 Å². The summed E-state index contributed by atoms with van der Waals surface area (Å²) in [6, 6.07) is 10.5. The molecule has 1 saturated heterocycles. The number of carbonyl (C=O) groups excluding carboxylic acids is 1. The van der Waals surface area contributed by atoms with Gasteiger partial charge in [-0.2, -0.15) is 13.2 Å². The number of amides is 1. The lowest BCUT2D eigenvalue weighted by Crippen LogP contribution is -2.33. The second-order valence-electron chi connectivity index (χ2n) is 8.37. The van der Waals surface area contributed by atoms with Crippen molar-refractivity contribution in [2.24, 2.45) is 0 Å². The summed E-state index contributed by atoms with van der Waals surface area (Å²) in [5.74, 6) is -1.84. The molecule has 0 aliphatic carbocycles. The van der Waals surface area contributed by atoms with Gasteiger partial charge in [0.05, 0.1) is 5.69 Å². The maximum absolute atomic E-state index is 13.8. The first kappa shape index (κ1) is 24.7. The molecule has 1 amide bonds. The molecule has 2 aromatic carbocycles. The fourth-order valence-electron chi connectivity index (χ4n) is 4.03. The summed E-state index contributed by atoms with van der Waals surface area (Å²) in [4.78, 5) is 14.0. The monoisotopic (exact) mass is 494 g/mol. The smallest absolute Gasteiger partial charge is 0.340 e. The second-order valence-corrected chi connectivity index (χ2v) is 8.37. The topological polar surface area (TPSA) is 75.1 Å². The Morgan fingerprint density at radius 3 is 2.31 bits per heavy atom. The van der Waals surface area contributed by atoms with E-state index in [4.69, 9.17) is 0 Å². The highest BCUT2D eigenvalue weighted by molar-refractivity contribution is 5.93. The number of hydrazine groups is 1. The Bertz CT molecular complexity index is 1160. The summed E-state index contributed by atoms with van der Waals surface area (Å²) in [5.41, 5.74) is 5.06. The largest absolute Gasteiger partial charge is 0.435 e. The highest BCUT2D eigenvalue weighted by Gasteiger charge is 2.42. The fraction of sp³-hybridized carbons (Fsp3) is 0.348. The fourth-order valence-corrected chi connectivity index (χ4v) is 4.03. The lowest BCUT2D eigenvalue weighted by molar-refractivity contribution is -0.143. The third-order valence-corrected chi connectivity index (χ3v) is 5.86. The molecule has 1 aliphatic rings. The van der Waals surface area contributed by atoms with E-state index in [0.29, 0.717) is 17.5 Å². The van der Waals surface area contributed by atoms with Gasteiger partial charge in [-0.05, 0) is 61.2 Å². The van der Waals surface area contributed by atoms with Crippen LogP contribution in [-0.4, -0.2) is 45.4 Å². The van der Waals surface area contributed by atoms with Crippen LogP contribution in [0.5, 0.6) is 0 Å². The van der Waals surface area contributed by atoms with E-state index in [1.165, 1.54) is 24.1 Å². The first-order valence-electron chi connectivity index (χ1n) is 10.9. The molecule has 2 unspecified atom stereocenters. The number of aromatic nitrogens is 3. The Morgan fingerprint density at radius 1 is 1.06 bits per heavy atom. The Morgan fingerprint density at radius 2 is 1.69 bits per heavy atom. The lowest BCUT2D eigenvalue weighted by Gasteiger charge is -2.18. The van der Waals surface area contributed by atoms with Crippen LogP contribution in [0.15, 0.2) is 48.5 Å². The summed E-state index contributed by atoms with van der Waals surface area (Å²) in [6.07, 6.45) is -2.96. The Labute approximate surface area is 197 Å². The first-order valence-corrected chi connectivity index (χ1v) is 10.9. The van der Waals surface area contributed by atoms with Gasteiger partial charge in [0, 0.05) is 25.7 Å². The number of hydrogen-bond acceptors (Lipinski definition) is 5. The zero-order valence-corrected chi connectivity index (χ0v) is 18.7. The number of alkyl halides is 3. The van der Waals surface area contributed by atoms with Crippen LogP contribution in [0.2, 0.25) is 0 Å². The number of nitrogens with zero attached hydrogens (tertiary/aromatic N) is 4. The van der Waals surface area contributed by atoms with Gasteiger partial charge in [0.25, 0.3) is 5.91 Å². The summed E-state index contributed by atoms with van der Waals surface area (Å²) in [5, 5.41) is 7.00. The zero-order chi connectivity index (χ0) is 25.2. The van der Waals surface area contributed by atoms with Crippen molar-refractivity contribution < 1.29 is 26.7 Å². The van der Waals surface area contributed by atoms with Crippen molar-refractivity contribution in [2.45, 2.75) is 37.5 Å². The number of rotatable bonds is 7. The van der Waals surface area contributed by atoms with E-state index in [2.05, 4.69) is 21.2 Å². The molecule has 1 fully saturated rings. The van der Waals surface area contributed by atoms with Gasteiger partial charge in [0.2, 0.25) is 0 Å². The zero-order valence-electron chi connectivity index (χ0n) is 18.7. The van der Waals surface area contributed by atoms with Crippen molar-refractivity contribution in [2.75, 3.05) is 13.6 Å². The summed E-state index contributed by atoms with van der Waals surface area (Å²) in [7, 11) is 1.40. The van der Waals surface area contributed by atoms with Gasteiger partial charge in [-0.25, -0.2) is 13.5 Å². The van der Waals surface area contributed by atoms with E-state index < -0.39 is 29.3 Å². The van der Waals surface area contributed by atoms with Gasteiger partial charge in [0.1, 0.15) is 11.6 Å². The molecule has 186 valence electrons. The number of benzene rings is 2. The van der Waals surface area contributed by atoms with Crippen molar-refractivity contribution in [1.82, 2.24) is 30.7 Å². The van der Waals surface area contributed by atoms with Gasteiger partial charge in [-0.15, -0.1) is 5.10 Å². The summed E-state index contributed by atoms with van der Waals surface area (Å²) in [6.45, 7) is 0.207. The molecule has 0 radical (unpaired) electrons. The van der Waals surface area contributed by atoms with Crippen LogP contribution < -0.4 is 10.9 Å². The highest BCUT2D eigenvalue weighted by Crippen LogP contribution is 2.33. The van der Waals surface area contributed by atoms with Crippen LogP contribution in [-0.2, 0) is 6.18 Å². The van der Waals surface area contributed by atoms with E-state index in [9.17, 15) is 26.7 Å². The molecule has 12 heteroatoms. The van der Waals surface area contributed by atoms with Crippen LogP contribution in [0.25, 0.3) is 5.69 Å². The standard InChI is InChI=1S/C23H23F5N6O/c1-33(12-2-3-17-13-19(30-29-17)14-4-6-15(24)7-5-14)22(35)20-21(23(26,27)28)34(32-31-20)18-10-8-16(25)9-11-18/h4-11,17,19,29-30H,2-3,12-13H2,1H3. The molecule has 1 aromatic heterocycles. The molecule has 2 atom stereocenters. The summed E-state index contributed by atoms with van der Waals surface area (Å²) < 4.78 is 68.2. The van der Waals surface area contributed by atoms with Crippen LogP contribution >= 0.6 is 0 Å². The third-order valence-electron chi connectivity index (χ3n) is 5.86. The minimum absolute atomic E-state index is 0.0100. The first-order chi connectivity index (χ1) is 16.6. The maximum atomic E-state index is 13.8. The van der Waals surface area contributed by atoms with Gasteiger partial charge in [0.15, 0.2) is 11.4 Å². The second kappa shape index (κ2) is 10.1. The van der Waals surface area contributed by atoms with Gasteiger partial charge in [-0.1, -0.05) is 17.3 Å². The van der Waals surface area contributed by atoms with E-state index in [1.54, 1.807) is 12.1 Å². The number of hydrogen-bond donors (Lipinski definition) is 2. The predicted octanol–water partition coefficient (Wildman–Crippen LogP) is 4.02. The average molecular weight is 494 g/mol. The van der Waals surface area contributed by atoms with E-state index in [1.807, 2.05) is 0 Å². The molecule has 1 aliphatic heterocycles. The van der Waals surface area contributed by atoms with Crippen LogP contribution in [0.1, 0.15) is 47.1 Å². The normalized spacial score (nSPS) is 18.1. The minimum atomic E-state index is -4.90. The van der Waals surface area contributed by atoms with Crippen LogP contribution in [0, 0.1) is 11.6 Å². The highest BCUT2D eigenvalue weighted by atomic mass is 19.4. The van der Waals surface area contributed by atoms with Gasteiger partial charge >= 0.3 is 6.18 Å². The molecule has 0 bridgehead atoms. The molecule has 35 heavy (non-hydrogen) atoms. The number of carbonyl (C=O) groups is 1. The summed E-state index contributed by atoms with van der Waals surface area (Å²) >= 11 is 0. The number of nitrogens with one attached hydrogen (secondary N) is 2. The molecule has 4 rings (SSSR count). The predicted molar refractivity (Wildman–Crippen MR) is 116 cm³/mol. The Hall–Kier alpha value is -3.38. The van der Waals surface area contributed by atoms with Crippen molar-refractivity contribution in [3.8, 4) is 5.69 Å². The van der Waals surface area contributed by atoms with Crippen molar-refractivity contribution >= 4 is 5.91 Å². The van der Waals surface area contributed by atoms with E-state index >= 15 is 0 Å². The minimum Gasteiger partial charge on any atom is -0.340 e. The molecule has 0 saturated carbocycles. The Balaban J connectivity index is 1.37. The maximum Gasteiger partial charge on any atom is 0.435 e. The molecular formula is C23H23F5N6O. The lowest BCUT2D eigenvalue weighted by atomic mass is 9.99. The van der Waals surface area contributed by atoms with Crippen molar-refractivity contribution in [1.29, 1.82) is 0 Å². The van der Waals surface area contributed by atoms with Crippen molar-refractivity contribution in [3.05, 3.63) is 77.1 Å². The third kappa shape index (κ3) is 5.65. The quantitative estimate of drug-likeness (QED) is 0.486. The van der Waals surface area contributed by atoms with Crippen molar-refractivity contribution in [3.63, 3.8) is 0 Å². The van der Waals surface area contributed by atoms with E-state index in [0.717, 1.165) is 36.2 Å². The van der Waals surface area contributed by atoms with Gasteiger partial charge in [-0.3, -0.25) is 15.6 Å². The van der Waals surface area contributed by atoms with Gasteiger partial charge < -0.3 is 4.90 Å². The molecule has 2 heterocycles. The number of halogens is 5. The molecule has 3 aromatic rings. The Kier molecular flexibility index (Phi) is 7.13. The molecule has 7 nitrogen and oxygen atoms in total. The SMILES string of the molecule is CN(CCCC1CC(c2ccc(F)cc2)NN1)C(=O)c1nnn(-c2ccc(F)cc2)c1C(F)(F)F. The molecule has 0 spiro atoms.